The Labute approximate surface area is 207 Å². The van der Waals surface area contributed by atoms with Crippen molar-refractivity contribution in [3.8, 4) is 22.6 Å². The summed E-state index contributed by atoms with van der Waals surface area (Å²) in [4.78, 5) is 0. The van der Waals surface area contributed by atoms with E-state index in [-0.39, 0.29) is 0 Å². The van der Waals surface area contributed by atoms with E-state index in [1.807, 2.05) is 30.3 Å². The van der Waals surface area contributed by atoms with Gasteiger partial charge in [0.25, 0.3) is 0 Å². The van der Waals surface area contributed by atoms with E-state index < -0.39 is 6.04 Å². The Morgan fingerprint density at radius 3 is 2.54 bits per heavy atom. The summed E-state index contributed by atoms with van der Waals surface area (Å²) in [5.41, 5.74) is 3.91. The molecule has 0 saturated heterocycles. The molecule has 1 unspecified atom stereocenters. The van der Waals surface area contributed by atoms with Crippen LogP contribution in [0.3, 0.4) is 0 Å². The van der Waals surface area contributed by atoms with Crippen LogP contribution in [0.25, 0.3) is 33.1 Å². The standard InChI is InChI=1S/C30H19O3PS/c35-34-27-14-4-3-11-23(27)31-24-12-6-13-25(30(24)34)32-26-17-18(15-16-28(26)34)19-8-5-9-21-20-7-1-2-10-22(20)33-29(19)21/h1-5,7-12,14-17H,6,13H2. The van der Waals surface area contributed by atoms with Crippen LogP contribution in [0.4, 0.5) is 0 Å². The summed E-state index contributed by atoms with van der Waals surface area (Å²) in [6.45, 7) is 0. The van der Waals surface area contributed by atoms with Crippen molar-refractivity contribution < 1.29 is 13.9 Å². The number of fused-ring (bicyclic) bond motifs is 7. The number of furan rings is 1. The number of para-hydroxylation sites is 3. The summed E-state index contributed by atoms with van der Waals surface area (Å²) in [5.74, 6) is 3.58. The lowest BCUT2D eigenvalue weighted by molar-refractivity contribution is 0.375. The van der Waals surface area contributed by atoms with Crippen molar-refractivity contribution in [2.75, 3.05) is 0 Å². The highest BCUT2D eigenvalue weighted by Crippen LogP contribution is 2.65. The third-order valence-corrected chi connectivity index (χ3v) is 12.1. The van der Waals surface area contributed by atoms with E-state index in [0.29, 0.717) is 0 Å². The first-order chi connectivity index (χ1) is 17.2. The van der Waals surface area contributed by atoms with Gasteiger partial charge in [0.2, 0.25) is 0 Å². The number of allylic oxidation sites excluding steroid dienone is 3. The molecule has 3 heterocycles. The molecule has 4 aromatic carbocycles. The first-order valence-electron chi connectivity index (χ1n) is 11.8. The van der Waals surface area contributed by atoms with Gasteiger partial charge in [0.05, 0.1) is 11.4 Å². The van der Waals surface area contributed by atoms with Gasteiger partial charge in [-0.2, -0.15) is 0 Å². The molecule has 0 N–H and O–H groups in total. The Morgan fingerprint density at radius 2 is 1.57 bits per heavy atom. The lowest BCUT2D eigenvalue weighted by atomic mass is 10.0. The topological polar surface area (TPSA) is 31.6 Å². The average Bonchev–Trinajstić information content (AvgIpc) is 3.27. The zero-order valence-corrected chi connectivity index (χ0v) is 20.4. The Bertz CT molecular complexity index is 1840. The van der Waals surface area contributed by atoms with Crippen molar-refractivity contribution in [1.29, 1.82) is 0 Å². The minimum atomic E-state index is -2.29. The maximum atomic E-state index is 6.61. The third kappa shape index (κ3) is 2.59. The summed E-state index contributed by atoms with van der Waals surface area (Å²) < 4.78 is 19.2. The second kappa shape index (κ2) is 6.97. The monoisotopic (exact) mass is 490 g/mol. The van der Waals surface area contributed by atoms with E-state index in [1.54, 1.807) is 0 Å². The van der Waals surface area contributed by atoms with Crippen LogP contribution in [0.5, 0.6) is 11.5 Å². The summed E-state index contributed by atoms with van der Waals surface area (Å²) in [7, 11) is 0. The van der Waals surface area contributed by atoms with Crippen LogP contribution >= 0.6 is 6.04 Å². The highest BCUT2D eigenvalue weighted by atomic mass is 32.4. The minimum absolute atomic E-state index is 0.839. The Balaban J connectivity index is 1.37. The van der Waals surface area contributed by atoms with Crippen LogP contribution in [0, 0.1) is 0 Å². The first-order valence-corrected chi connectivity index (χ1v) is 14.6. The molecule has 0 fully saturated rings. The Hall–Kier alpha value is -3.59. The molecule has 5 aromatic rings. The molecule has 3 aliphatic rings. The molecule has 2 aliphatic heterocycles. The summed E-state index contributed by atoms with van der Waals surface area (Å²) >= 11 is 6.61. The molecule has 0 spiro atoms. The van der Waals surface area contributed by atoms with E-state index in [4.69, 9.17) is 25.7 Å². The molecule has 1 aromatic heterocycles. The van der Waals surface area contributed by atoms with Gasteiger partial charge in [-0.25, -0.2) is 0 Å². The normalized spacial score (nSPS) is 19.9. The zero-order chi connectivity index (χ0) is 23.1. The summed E-state index contributed by atoms with van der Waals surface area (Å²) in [5, 5.41) is 5.55. The van der Waals surface area contributed by atoms with Crippen molar-refractivity contribution in [2.45, 2.75) is 12.8 Å². The van der Waals surface area contributed by atoms with Crippen LogP contribution in [0.15, 0.2) is 112 Å². The zero-order valence-electron chi connectivity index (χ0n) is 18.7. The Morgan fingerprint density at radius 1 is 0.743 bits per heavy atom. The van der Waals surface area contributed by atoms with Gasteiger partial charge < -0.3 is 13.9 Å². The van der Waals surface area contributed by atoms with Gasteiger partial charge in [0.15, 0.2) is 0 Å². The van der Waals surface area contributed by atoms with Crippen LogP contribution in [0.1, 0.15) is 12.8 Å². The Kier molecular flexibility index (Phi) is 3.92. The first kappa shape index (κ1) is 19.7. The number of rotatable bonds is 1. The molecule has 168 valence electrons. The van der Waals surface area contributed by atoms with E-state index in [9.17, 15) is 0 Å². The fourth-order valence-electron chi connectivity index (χ4n) is 5.63. The molecular weight excluding hydrogens is 471 g/mol. The van der Waals surface area contributed by atoms with E-state index in [0.717, 1.165) is 84.8 Å². The molecule has 0 radical (unpaired) electrons. The fourth-order valence-corrected chi connectivity index (χ4v) is 10.2. The van der Waals surface area contributed by atoms with Crippen molar-refractivity contribution in [3.63, 3.8) is 0 Å². The number of hydrogen-bond donors (Lipinski definition) is 0. The maximum Gasteiger partial charge on any atom is 0.143 e. The lowest BCUT2D eigenvalue weighted by Crippen LogP contribution is -2.32. The largest absolute Gasteiger partial charge is 0.460 e. The van der Waals surface area contributed by atoms with E-state index in [2.05, 4.69) is 60.7 Å². The quantitative estimate of drug-likeness (QED) is 0.230. The predicted octanol–water partition coefficient (Wildman–Crippen LogP) is 7.36. The molecule has 3 nitrogen and oxygen atoms in total. The van der Waals surface area contributed by atoms with Crippen LogP contribution < -0.4 is 20.1 Å². The van der Waals surface area contributed by atoms with Crippen molar-refractivity contribution >= 4 is 50.4 Å². The number of benzene rings is 4. The van der Waals surface area contributed by atoms with E-state index >= 15 is 0 Å². The lowest BCUT2D eigenvalue weighted by Gasteiger charge is -2.40. The third-order valence-electron chi connectivity index (χ3n) is 7.19. The second-order valence-corrected chi connectivity index (χ2v) is 13.4. The molecule has 0 bridgehead atoms. The molecule has 35 heavy (non-hydrogen) atoms. The minimum Gasteiger partial charge on any atom is -0.460 e. The van der Waals surface area contributed by atoms with Gasteiger partial charge >= 0.3 is 0 Å². The molecular formula is C30H19O3PS. The average molecular weight is 491 g/mol. The molecule has 1 aliphatic carbocycles. The van der Waals surface area contributed by atoms with Gasteiger partial charge in [0, 0.05) is 33.4 Å². The fraction of sp³-hybridized carbons (Fsp3) is 0.0667. The maximum absolute atomic E-state index is 6.61. The van der Waals surface area contributed by atoms with Crippen molar-refractivity contribution in [2.24, 2.45) is 0 Å². The smallest absolute Gasteiger partial charge is 0.143 e. The van der Waals surface area contributed by atoms with Gasteiger partial charge in [-0.05, 0) is 48.4 Å². The van der Waals surface area contributed by atoms with Gasteiger partial charge in [-0.1, -0.05) is 66.4 Å². The number of hydrogen-bond acceptors (Lipinski definition) is 4. The molecule has 8 rings (SSSR count). The van der Waals surface area contributed by atoms with Gasteiger partial charge in [-0.3, -0.25) is 0 Å². The van der Waals surface area contributed by atoms with Crippen LogP contribution in [-0.4, -0.2) is 0 Å². The van der Waals surface area contributed by atoms with Gasteiger partial charge in [0.1, 0.15) is 34.2 Å². The predicted molar refractivity (Wildman–Crippen MR) is 145 cm³/mol. The van der Waals surface area contributed by atoms with Gasteiger partial charge in [-0.15, -0.1) is 0 Å². The highest BCUT2D eigenvalue weighted by Gasteiger charge is 2.45. The molecule has 5 heteroatoms. The molecule has 0 saturated carbocycles. The van der Waals surface area contributed by atoms with Crippen molar-refractivity contribution in [3.05, 3.63) is 108 Å². The van der Waals surface area contributed by atoms with Crippen LogP contribution in [0.2, 0.25) is 0 Å². The SMILES string of the molecule is S=P12C3=C(CCC=C3Oc3ccccc31)Oc1cc(-c3cccc4c3oc3ccccc34)ccc12. The number of ether oxygens (including phenoxy) is 2. The summed E-state index contributed by atoms with van der Waals surface area (Å²) in [6.07, 6.45) is 3.89. The molecule has 1 atom stereocenters. The highest BCUT2D eigenvalue weighted by molar-refractivity contribution is 8.24. The van der Waals surface area contributed by atoms with Crippen molar-refractivity contribution in [1.82, 2.24) is 0 Å². The van der Waals surface area contributed by atoms with Crippen LogP contribution in [-0.2, 0) is 11.8 Å². The van der Waals surface area contributed by atoms with E-state index in [1.165, 1.54) is 0 Å². The summed E-state index contributed by atoms with van der Waals surface area (Å²) in [6, 6.07) is 26.9. The molecule has 0 amide bonds. The second-order valence-electron chi connectivity index (χ2n) is 9.12.